The van der Waals surface area contributed by atoms with Crippen LogP contribution >= 0.6 is 0 Å². The molecule has 1 unspecified atom stereocenters. The molecular formula is C17H26N4O. The molecule has 1 aliphatic carbocycles. The lowest BCUT2D eigenvalue weighted by Gasteiger charge is -2.16. The van der Waals surface area contributed by atoms with E-state index in [4.69, 9.17) is 0 Å². The highest BCUT2D eigenvalue weighted by Crippen LogP contribution is 2.28. The third-order valence-electron chi connectivity index (χ3n) is 3.83. The fraction of sp³-hybridized carbons (Fsp3) is 0.529. The normalized spacial score (nSPS) is 16.0. The number of nitrogens with zero attached hydrogens (tertiary/aromatic N) is 1. The Kier molecular flexibility index (Phi) is 6.25. The summed E-state index contributed by atoms with van der Waals surface area (Å²) < 4.78 is 0. The molecule has 1 atom stereocenters. The monoisotopic (exact) mass is 302 g/mol. The molecule has 120 valence electrons. The van der Waals surface area contributed by atoms with Gasteiger partial charge in [0.05, 0.1) is 0 Å². The number of carbonyl (C=O) groups excluding carboxylic acids is 1. The van der Waals surface area contributed by atoms with E-state index in [0.29, 0.717) is 19.0 Å². The zero-order chi connectivity index (χ0) is 15.8. The van der Waals surface area contributed by atoms with Gasteiger partial charge in [-0.05, 0) is 24.3 Å². The molecule has 22 heavy (non-hydrogen) atoms. The standard InChI is InChI=1S/C17H26N4O/c1-13(14-6-4-3-5-7-14)12-21-17(18-2)20-11-10-19-16(22)15-8-9-15/h3-7,13,15H,8-12H2,1-2H3,(H,19,22)(H2,18,20,21). The van der Waals surface area contributed by atoms with Crippen LogP contribution in [0.3, 0.4) is 0 Å². The van der Waals surface area contributed by atoms with Crippen LogP contribution in [-0.2, 0) is 4.79 Å². The maximum atomic E-state index is 11.5. The number of guanidine groups is 1. The molecule has 1 fully saturated rings. The average molecular weight is 302 g/mol. The highest BCUT2D eigenvalue weighted by molar-refractivity contribution is 5.81. The predicted octanol–water partition coefficient (Wildman–Crippen LogP) is 1.48. The van der Waals surface area contributed by atoms with Crippen LogP contribution in [0.25, 0.3) is 0 Å². The van der Waals surface area contributed by atoms with Crippen LogP contribution in [0.15, 0.2) is 35.3 Å². The first-order chi connectivity index (χ1) is 10.7. The van der Waals surface area contributed by atoms with Gasteiger partial charge in [-0.15, -0.1) is 0 Å². The summed E-state index contributed by atoms with van der Waals surface area (Å²) in [5, 5.41) is 9.46. The maximum Gasteiger partial charge on any atom is 0.223 e. The van der Waals surface area contributed by atoms with Gasteiger partial charge < -0.3 is 16.0 Å². The summed E-state index contributed by atoms with van der Waals surface area (Å²) >= 11 is 0. The number of hydrogen-bond acceptors (Lipinski definition) is 2. The molecular weight excluding hydrogens is 276 g/mol. The number of rotatable bonds is 7. The van der Waals surface area contributed by atoms with Gasteiger partial charge in [-0.3, -0.25) is 9.79 Å². The quantitative estimate of drug-likeness (QED) is 0.406. The maximum absolute atomic E-state index is 11.5. The number of benzene rings is 1. The fourth-order valence-electron chi connectivity index (χ4n) is 2.23. The Hall–Kier alpha value is -2.04. The van der Waals surface area contributed by atoms with Crippen molar-refractivity contribution < 1.29 is 4.79 Å². The Bertz CT molecular complexity index is 497. The summed E-state index contributed by atoms with van der Waals surface area (Å²) in [5.74, 6) is 1.63. The minimum atomic E-state index is 0.183. The number of carbonyl (C=O) groups is 1. The molecule has 0 aromatic heterocycles. The molecule has 2 rings (SSSR count). The molecule has 5 nitrogen and oxygen atoms in total. The molecule has 0 heterocycles. The van der Waals surface area contributed by atoms with Gasteiger partial charge in [-0.2, -0.15) is 0 Å². The molecule has 3 N–H and O–H groups in total. The molecule has 5 heteroatoms. The minimum Gasteiger partial charge on any atom is -0.356 e. The third-order valence-corrected chi connectivity index (χ3v) is 3.83. The van der Waals surface area contributed by atoms with E-state index in [1.165, 1.54) is 5.56 Å². The van der Waals surface area contributed by atoms with Gasteiger partial charge in [0.2, 0.25) is 5.91 Å². The molecule has 0 bridgehead atoms. The smallest absolute Gasteiger partial charge is 0.223 e. The van der Waals surface area contributed by atoms with Gasteiger partial charge in [0.25, 0.3) is 0 Å². The molecule has 1 amide bonds. The summed E-state index contributed by atoms with van der Waals surface area (Å²) in [7, 11) is 1.76. The Morgan fingerprint density at radius 1 is 1.18 bits per heavy atom. The average Bonchev–Trinajstić information content (AvgIpc) is 3.39. The molecule has 1 aromatic carbocycles. The Morgan fingerprint density at radius 3 is 2.50 bits per heavy atom. The van der Waals surface area contributed by atoms with E-state index < -0.39 is 0 Å². The molecule has 1 saturated carbocycles. The highest BCUT2D eigenvalue weighted by atomic mass is 16.2. The van der Waals surface area contributed by atoms with Crippen LogP contribution in [-0.4, -0.2) is 38.5 Å². The van der Waals surface area contributed by atoms with Crippen LogP contribution in [0.5, 0.6) is 0 Å². The van der Waals surface area contributed by atoms with Gasteiger partial charge in [0, 0.05) is 32.6 Å². The topological polar surface area (TPSA) is 65.5 Å². The summed E-state index contributed by atoms with van der Waals surface area (Å²) in [5.41, 5.74) is 1.31. The zero-order valence-electron chi connectivity index (χ0n) is 13.4. The number of nitrogens with one attached hydrogen (secondary N) is 3. The van der Waals surface area contributed by atoms with E-state index in [1.54, 1.807) is 7.05 Å². The van der Waals surface area contributed by atoms with Crippen molar-refractivity contribution in [2.24, 2.45) is 10.9 Å². The van der Waals surface area contributed by atoms with E-state index in [0.717, 1.165) is 25.3 Å². The van der Waals surface area contributed by atoms with Crippen LogP contribution in [0, 0.1) is 5.92 Å². The second-order valence-corrected chi connectivity index (χ2v) is 5.76. The summed E-state index contributed by atoms with van der Waals surface area (Å²) in [6.07, 6.45) is 2.08. The van der Waals surface area contributed by atoms with Crippen molar-refractivity contribution in [1.29, 1.82) is 0 Å². The Labute approximate surface area is 132 Å². The molecule has 1 aliphatic rings. The SMILES string of the molecule is CN=C(NCCNC(=O)C1CC1)NCC(C)c1ccccc1. The minimum absolute atomic E-state index is 0.183. The van der Waals surface area contributed by atoms with Crippen molar-refractivity contribution >= 4 is 11.9 Å². The van der Waals surface area contributed by atoms with Crippen LogP contribution < -0.4 is 16.0 Å². The molecule has 1 aromatic rings. The second-order valence-electron chi connectivity index (χ2n) is 5.76. The van der Waals surface area contributed by atoms with Gasteiger partial charge in [-0.25, -0.2) is 0 Å². The molecule has 0 aliphatic heterocycles. The highest BCUT2D eigenvalue weighted by Gasteiger charge is 2.28. The predicted molar refractivity (Wildman–Crippen MR) is 90.0 cm³/mol. The van der Waals surface area contributed by atoms with Gasteiger partial charge >= 0.3 is 0 Å². The van der Waals surface area contributed by atoms with Gasteiger partial charge in [0.1, 0.15) is 0 Å². The lowest BCUT2D eigenvalue weighted by atomic mass is 10.0. The molecule has 0 spiro atoms. The van der Waals surface area contributed by atoms with Crippen LogP contribution in [0.4, 0.5) is 0 Å². The van der Waals surface area contributed by atoms with E-state index in [1.807, 2.05) is 6.07 Å². The van der Waals surface area contributed by atoms with E-state index in [2.05, 4.69) is 52.1 Å². The van der Waals surface area contributed by atoms with Crippen molar-refractivity contribution in [3.05, 3.63) is 35.9 Å². The number of aliphatic imine (C=N–C) groups is 1. The number of amides is 1. The second kappa shape index (κ2) is 8.41. The van der Waals surface area contributed by atoms with E-state index >= 15 is 0 Å². The zero-order valence-corrected chi connectivity index (χ0v) is 13.4. The van der Waals surface area contributed by atoms with E-state index in [9.17, 15) is 4.79 Å². The summed E-state index contributed by atoms with van der Waals surface area (Å²) in [6.45, 7) is 4.31. The molecule has 0 saturated heterocycles. The van der Waals surface area contributed by atoms with Crippen molar-refractivity contribution in [3.8, 4) is 0 Å². The van der Waals surface area contributed by atoms with Crippen molar-refractivity contribution in [2.45, 2.75) is 25.7 Å². The molecule has 0 radical (unpaired) electrons. The van der Waals surface area contributed by atoms with E-state index in [-0.39, 0.29) is 11.8 Å². The largest absolute Gasteiger partial charge is 0.356 e. The van der Waals surface area contributed by atoms with Crippen LogP contribution in [0.1, 0.15) is 31.2 Å². The lowest BCUT2D eigenvalue weighted by molar-refractivity contribution is -0.122. The first-order valence-electron chi connectivity index (χ1n) is 7.98. The van der Waals surface area contributed by atoms with Crippen LogP contribution in [0.2, 0.25) is 0 Å². The van der Waals surface area contributed by atoms with Crippen molar-refractivity contribution in [3.63, 3.8) is 0 Å². The summed E-state index contributed by atoms with van der Waals surface area (Å²) in [6, 6.07) is 10.4. The van der Waals surface area contributed by atoms with Crippen molar-refractivity contribution in [2.75, 3.05) is 26.7 Å². The van der Waals surface area contributed by atoms with Gasteiger partial charge in [0.15, 0.2) is 5.96 Å². The first-order valence-corrected chi connectivity index (χ1v) is 7.98. The number of hydrogen-bond donors (Lipinski definition) is 3. The lowest BCUT2D eigenvalue weighted by Crippen LogP contribution is -2.42. The Balaban J connectivity index is 1.63. The van der Waals surface area contributed by atoms with Gasteiger partial charge in [-0.1, -0.05) is 37.3 Å². The third kappa shape index (κ3) is 5.39. The fourth-order valence-corrected chi connectivity index (χ4v) is 2.23. The summed E-state index contributed by atoms with van der Waals surface area (Å²) in [4.78, 5) is 15.7. The van der Waals surface area contributed by atoms with Crippen molar-refractivity contribution in [1.82, 2.24) is 16.0 Å². The Morgan fingerprint density at radius 2 is 1.86 bits per heavy atom. The first kappa shape index (κ1) is 16.3.